The zero-order valence-corrected chi connectivity index (χ0v) is 10.4. The minimum absolute atomic E-state index is 0.393. The molecular formula is C13H22NO2+. The fraction of sp³-hybridized carbons (Fsp3) is 0.538. The molecule has 0 aliphatic rings. The maximum Gasteiger partial charge on any atom is 0.126 e. The zero-order chi connectivity index (χ0) is 12.0. The van der Waals surface area contributed by atoms with Crippen LogP contribution in [-0.2, 0) is 11.3 Å². The topological polar surface area (TPSA) is 29.5 Å². The Kier molecular flexibility index (Phi) is 4.93. The van der Waals surface area contributed by atoms with E-state index in [4.69, 9.17) is 4.74 Å². The smallest absolute Gasteiger partial charge is 0.126 e. The molecule has 0 aliphatic heterocycles. The van der Waals surface area contributed by atoms with E-state index in [1.807, 2.05) is 30.3 Å². The minimum atomic E-state index is -0.399. The summed E-state index contributed by atoms with van der Waals surface area (Å²) in [7, 11) is 6.17. The molecule has 1 N–H and O–H groups in total. The minimum Gasteiger partial charge on any atom is -0.385 e. The maximum atomic E-state index is 9.72. The van der Waals surface area contributed by atoms with Crippen LogP contribution in [0.1, 0.15) is 5.56 Å². The van der Waals surface area contributed by atoms with E-state index in [0.29, 0.717) is 19.8 Å². The molecule has 0 saturated carbocycles. The van der Waals surface area contributed by atoms with Gasteiger partial charge in [0.05, 0.1) is 34.4 Å². The van der Waals surface area contributed by atoms with E-state index >= 15 is 0 Å². The summed E-state index contributed by atoms with van der Waals surface area (Å²) in [6.45, 7) is 1.66. The van der Waals surface area contributed by atoms with Gasteiger partial charge in [0.1, 0.15) is 12.6 Å². The Morgan fingerprint density at radius 1 is 1.19 bits per heavy atom. The molecule has 0 saturated heterocycles. The largest absolute Gasteiger partial charge is 0.385 e. The predicted molar refractivity (Wildman–Crippen MR) is 65.0 cm³/mol. The molecule has 0 spiro atoms. The molecule has 0 radical (unpaired) electrons. The van der Waals surface area contributed by atoms with Crippen molar-refractivity contribution in [2.45, 2.75) is 12.7 Å². The summed E-state index contributed by atoms with van der Waals surface area (Å²) in [6.07, 6.45) is -0.399. The van der Waals surface area contributed by atoms with Crippen LogP contribution in [0.2, 0.25) is 0 Å². The van der Waals surface area contributed by atoms with Crippen LogP contribution in [-0.4, -0.2) is 50.0 Å². The van der Waals surface area contributed by atoms with E-state index in [2.05, 4.69) is 21.1 Å². The summed E-state index contributed by atoms with van der Waals surface area (Å²) in [6, 6.07) is 10.00. The number of aliphatic hydroxyl groups is 1. The molecule has 0 aromatic heterocycles. The first kappa shape index (κ1) is 13.2. The van der Waals surface area contributed by atoms with Crippen molar-refractivity contribution in [3.8, 4) is 0 Å². The first-order chi connectivity index (χ1) is 7.47. The fourth-order valence-corrected chi connectivity index (χ4v) is 1.57. The zero-order valence-electron chi connectivity index (χ0n) is 10.4. The van der Waals surface area contributed by atoms with Crippen LogP contribution in [0.5, 0.6) is 0 Å². The molecule has 3 heteroatoms. The third-order valence-electron chi connectivity index (χ3n) is 2.18. The van der Waals surface area contributed by atoms with Gasteiger partial charge >= 0.3 is 0 Å². The van der Waals surface area contributed by atoms with E-state index < -0.39 is 6.10 Å². The third kappa shape index (κ3) is 5.85. The number of ether oxygens (including phenoxy) is 1. The highest BCUT2D eigenvalue weighted by Gasteiger charge is 2.15. The Morgan fingerprint density at radius 2 is 1.81 bits per heavy atom. The van der Waals surface area contributed by atoms with Crippen molar-refractivity contribution in [1.29, 1.82) is 0 Å². The van der Waals surface area contributed by atoms with Gasteiger partial charge in [-0.2, -0.15) is 0 Å². The van der Waals surface area contributed by atoms with Crippen molar-refractivity contribution in [2.24, 2.45) is 0 Å². The molecule has 16 heavy (non-hydrogen) atoms. The lowest BCUT2D eigenvalue weighted by atomic mass is 10.2. The maximum absolute atomic E-state index is 9.72. The summed E-state index contributed by atoms with van der Waals surface area (Å²) in [5, 5.41) is 9.72. The molecular weight excluding hydrogens is 202 g/mol. The van der Waals surface area contributed by atoms with Gasteiger partial charge in [-0.05, 0) is 5.56 Å². The highest BCUT2D eigenvalue weighted by molar-refractivity contribution is 5.13. The lowest BCUT2D eigenvalue weighted by Gasteiger charge is -2.26. The van der Waals surface area contributed by atoms with E-state index in [9.17, 15) is 5.11 Å². The first-order valence-corrected chi connectivity index (χ1v) is 5.57. The van der Waals surface area contributed by atoms with Crippen LogP contribution in [0.4, 0.5) is 0 Å². The Bertz CT molecular complexity index is 293. The quantitative estimate of drug-likeness (QED) is 0.737. The SMILES string of the molecule is C[N+](C)(C)CC(O)COCc1ccccc1. The molecule has 3 nitrogen and oxygen atoms in total. The molecule has 0 bridgehead atoms. The van der Waals surface area contributed by atoms with Crippen molar-refractivity contribution in [3.63, 3.8) is 0 Å². The molecule has 1 aromatic carbocycles. The Labute approximate surface area is 97.9 Å². The second-order valence-corrected chi connectivity index (χ2v) is 5.13. The third-order valence-corrected chi connectivity index (χ3v) is 2.18. The molecule has 0 fully saturated rings. The average molecular weight is 224 g/mol. The normalized spacial score (nSPS) is 13.8. The van der Waals surface area contributed by atoms with Crippen LogP contribution < -0.4 is 0 Å². The molecule has 1 atom stereocenters. The van der Waals surface area contributed by atoms with Crippen LogP contribution in [0.15, 0.2) is 30.3 Å². The number of nitrogens with zero attached hydrogens (tertiary/aromatic N) is 1. The number of aliphatic hydroxyl groups excluding tert-OH is 1. The van der Waals surface area contributed by atoms with Crippen LogP contribution in [0.25, 0.3) is 0 Å². The number of rotatable bonds is 6. The Hall–Kier alpha value is -0.900. The van der Waals surface area contributed by atoms with Gasteiger partial charge in [0, 0.05) is 0 Å². The average Bonchev–Trinajstić information content (AvgIpc) is 2.16. The number of likely N-dealkylation sites (N-methyl/N-ethyl adjacent to an activating group) is 1. The second kappa shape index (κ2) is 5.99. The summed E-state index contributed by atoms with van der Waals surface area (Å²) < 4.78 is 6.21. The highest BCUT2D eigenvalue weighted by Crippen LogP contribution is 2.02. The Balaban J connectivity index is 2.21. The number of hydrogen-bond acceptors (Lipinski definition) is 2. The van der Waals surface area contributed by atoms with Gasteiger partial charge in [0.2, 0.25) is 0 Å². The van der Waals surface area contributed by atoms with E-state index in [-0.39, 0.29) is 0 Å². The monoisotopic (exact) mass is 224 g/mol. The van der Waals surface area contributed by atoms with Gasteiger partial charge in [0.15, 0.2) is 0 Å². The van der Waals surface area contributed by atoms with E-state index in [0.717, 1.165) is 10.0 Å². The van der Waals surface area contributed by atoms with Crippen molar-refractivity contribution < 1.29 is 14.3 Å². The molecule has 90 valence electrons. The van der Waals surface area contributed by atoms with Crippen molar-refractivity contribution in [3.05, 3.63) is 35.9 Å². The van der Waals surface area contributed by atoms with Gasteiger partial charge in [-0.1, -0.05) is 30.3 Å². The van der Waals surface area contributed by atoms with Crippen LogP contribution in [0, 0.1) is 0 Å². The van der Waals surface area contributed by atoms with Crippen molar-refractivity contribution in [1.82, 2.24) is 0 Å². The predicted octanol–water partition coefficient (Wildman–Crippen LogP) is 1.27. The molecule has 1 aromatic rings. The summed E-state index contributed by atoms with van der Waals surface area (Å²) in [4.78, 5) is 0. The molecule has 0 aliphatic carbocycles. The van der Waals surface area contributed by atoms with E-state index in [1.165, 1.54) is 0 Å². The van der Waals surface area contributed by atoms with Crippen LogP contribution >= 0.6 is 0 Å². The number of hydrogen-bond donors (Lipinski definition) is 1. The summed E-state index contributed by atoms with van der Waals surface area (Å²) in [5.41, 5.74) is 1.14. The van der Waals surface area contributed by atoms with Crippen molar-refractivity contribution in [2.75, 3.05) is 34.3 Å². The summed E-state index contributed by atoms with van der Waals surface area (Å²) >= 11 is 0. The Morgan fingerprint density at radius 3 is 2.38 bits per heavy atom. The van der Waals surface area contributed by atoms with E-state index in [1.54, 1.807) is 0 Å². The second-order valence-electron chi connectivity index (χ2n) is 5.13. The highest BCUT2D eigenvalue weighted by atomic mass is 16.5. The molecule has 1 rings (SSSR count). The lowest BCUT2D eigenvalue weighted by molar-refractivity contribution is -0.873. The first-order valence-electron chi connectivity index (χ1n) is 5.57. The number of quaternary nitrogens is 1. The molecule has 0 amide bonds. The standard InChI is InChI=1S/C13H22NO2/c1-14(2,3)9-13(15)11-16-10-12-7-5-4-6-8-12/h4-8,13,15H,9-11H2,1-3H3/q+1. The van der Waals surface area contributed by atoms with Gasteiger partial charge in [-0.15, -0.1) is 0 Å². The van der Waals surface area contributed by atoms with Gasteiger partial charge < -0.3 is 14.3 Å². The number of benzene rings is 1. The van der Waals surface area contributed by atoms with Crippen LogP contribution in [0.3, 0.4) is 0 Å². The fourth-order valence-electron chi connectivity index (χ4n) is 1.57. The lowest BCUT2D eigenvalue weighted by Crippen LogP contribution is -2.42. The molecule has 1 unspecified atom stereocenters. The van der Waals surface area contributed by atoms with Gasteiger partial charge in [0.25, 0.3) is 0 Å². The van der Waals surface area contributed by atoms with Crippen molar-refractivity contribution >= 4 is 0 Å². The summed E-state index contributed by atoms with van der Waals surface area (Å²) in [5.74, 6) is 0. The van der Waals surface area contributed by atoms with Gasteiger partial charge in [-0.25, -0.2) is 0 Å². The van der Waals surface area contributed by atoms with Gasteiger partial charge in [-0.3, -0.25) is 0 Å². The molecule has 0 heterocycles.